The van der Waals surface area contributed by atoms with Gasteiger partial charge in [0.15, 0.2) is 0 Å². The molecule has 0 aliphatic rings. The zero-order chi connectivity index (χ0) is 14.5. The van der Waals surface area contributed by atoms with Gasteiger partial charge in [-0.3, -0.25) is 9.78 Å². The number of carbonyl (C=O) groups is 1. The van der Waals surface area contributed by atoms with Crippen molar-refractivity contribution in [2.24, 2.45) is 0 Å². The van der Waals surface area contributed by atoms with Gasteiger partial charge in [0.25, 0.3) is 5.91 Å². The molecule has 0 spiro atoms. The first-order valence-electron chi connectivity index (χ1n) is 6.28. The number of rotatable bonds is 4. The molecule has 1 aromatic carbocycles. The van der Waals surface area contributed by atoms with Crippen LogP contribution in [0.4, 0.5) is 0 Å². The summed E-state index contributed by atoms with van der Waals surface area (Å²) in [6, 6.07) is 8.63. The van der Waals surface area contributed by atoms with Crippen LogP contribution in [-0.2, 0) is 6.54 Å². The minimum atomic E-state index is -0.186. The largest absolute Gasteiger partial charge is 0.507 e. The lowest BCUT2D eigenvalue weighted by atomic mass is 10.1. The number of hydrogen-bond acceptors (Lipinski definition) is 3. The Morgan fingerprint density at radius 1 is 1.30 bits per heavy atom. The van der Waals surface area contributed by atoms with Crippen LogP contribution in [0.2, 0.25) is 0 Å². The highest BCUT2D eigenvalue weighted by atomic mass is 79.9. The Hall–Kier alpha value is -1.88. The van der Waals surface area contributed by atoms with E-state index in [0.29, 0.717) is 18.7 Å². The minimum Gasteiger partial charge on any atom is -0.507 e. The molecule has 0 aliphatic heterocycles. The maximum atomic E-state index is 12.4. The van der Waals surface area contributed by atoms with E-state index in [0.717, 1.165) is 10.0 Å². The molecule has 2 rings (SSSR count). The second-order valence-electron chi connectivity index (χ2n) is 4.34. The number of nitrogens with zero attached hydrogens (tertiary/aromatic N) is 2. The highest BCUT2D eigenvalue weighted by Crippen LogP contribution is 2.24. The first-order valence-corrected chi connectivity index (χ1v) is 7.07. The topological polar surface area (TPSA) is 53.4 Å². The van der Waals surface area contributed by atoms with Crippen LogP contribution in [0.5, 0.6) is 5.75 Å². The third kappa shape index (κ3) is 3.36. The number of hydrogen-bond donors (Lipinski definition) is 1. The number of benzene rings is 1. The van der Waals surface area contributed by atoms with Crippen molar-refractivity contribution in [3.63, 3.8) is 0 Å². The monoisotopic (exact) mass is 334 g/mol. The van der Waals surface area contributed by atoms with Gasteiger partial charge in [-0.2, -0.15) is 0 Å². The molecule has 4 nitrogen and oxygen atoms in total. The van der Waals surface area contributed by atoms with Crippen molar-refractivity contribution in [1.82, 2.24) is 9.88 Å². The second kappa shape index (κ2) is 6.52. The van der Waals surface area contributed by atoms with E-state index >= 15 is 0 Å². The molecule has 0 aliphatic carbocycles. The second-order valence-corrected chi connectivity index (χ2v) is 5.25. The summed E-state index contributed by atoms with van der Waals surface area (Å²) >= 11 is 3.26. The summed E-state index contributed by atoms with van der Waals surface area (Å²) in [6.45, 7) is 2.97. The van der Waals surface area contributed by atoms with E-state index < -0.39 is 0 Å². The molecule has 0 unspecified atom stereocenters. The standard InChI is InChI=1S/C15H15BrN2O2/c1-2-18(10-11-5-7-17-8-6-11)15(20)13-4-3-12(16)9-14(13)19/h3-9,19H,2,10H2,1H3. The van der Waals surface area contributed by atoms with Gasteiger partial charge in [0.05, 0.1) is 5.56 Å². The SMILES string of the molecule is CCN(Cc1ccncc1)C(=O)c1ccc(Br)cc1O. The molecule has 5 heteroatoms. The number of amides is 1. The summed E-state index contributed by atoms with van der Waals surface area (Å²) in [6.07, 6.45) is 3.40. The molecule has 0 saturated heterocycles. The van der Waals surface area contributed by atoms with Crippen molar-refractivity contribution in [2.75, 3.05) is 6.54 Å². The van der Waals surface area contributed by atoms with Gasteiger partial charge in [-0.25, -0.2) is 0 Å². The Labute approximate surface area is 126 Å². The lowest BCUT2D eigenvalue weighted by Crippen LogP contribution is -2.30. The average Bonchev–Trinajstić information content (AvgIpc) is 2.45. The van der Waals surface area contributed by atoms with Crippen molar-refractivity contribution >= 4 is 21.8 Å². The molecule has 20 heavy (non-hydrogen) atoms. The predicted molar refractivity (Wildman–Crippen MR) is 80.5 cm³/mol. The Bertz CT molecular complexity index is 602. The fourth-order valence-corrected chi connectivity index (χ4v) is 2.24. The van der Waals surface area contributed by atoms with Gasteiger partial charge < -0.3 is 10.0 Å². The van der Waals surface area contributed by atoms with E-state index in [4.69, 9.17) is 0 Å². The lowest BCUT2D eigenvalue weighted by Gasteiger charge is -2.21. The average molecular weight is 335 g/mol. The highest BCUT2D eigenvalue weighted by molar-refractivity contribution is 9.10. The molecule has 0 radical (unpaired) electrons. The number of pyridine rings is 1. The molecule has 1 heterocycles. The van der Waals surface area contributed by atoms with Crippen molar-refractivity contribution < 1.29 is 9.90 Å². The Kier molecular flexibility index (Phi) is 4.74. The fraction of sp³-hybridized carbons (Fsp3) is 0.200. The molecule has 1 amide bonds. The van der Waals surface area contributed by atoms with Crippen LogP contribution in [0, 0.1) is 0 Å². The van der Waals surface area contributed by atoms with E-state index in [2.05, 4.69) is 20.9 Å². The van der Waals surface area contributed by atoms with Crippen molar-refractivity contribution in [1.29, 1.82) is 0 Å². The quantitative estimate of drug-likeness (QED) is 0.933. The summed E-state index contributed by atoms with van der Waals surface area (Å²) in [5, 5.41) is 9.88. The van der Waals surface area contributed by atoms with Gasteiger partial charge in [-0.15, -0.1) is 0 Å². The van der Waals surface area contributed by atoms with Crippen LogP contribution in [0.25, 0.3) is 0 Å². The first-order chi connectivity index (χ1) is 9.61. The van der Waals surface area contributed by atoms with Gasteiger partial charge in [-0.05, 0) is 42.8 Å². The molecule has 0 bridgehead atoms. The van der Waals surface area contributed by atoms with Crippen LogP contribution in [0.15, 0.2) is 47.2 Å². The summed E-state index contributed by atoms with van der Waals surface area (Å²) in [5.74, 6) is -0.202. The first kappa shape index (κ1) is 14.5. The zero-order valence-corrected chi connectivity index (χ0v) is 12.7. The molecule has 0 fully saturated rings. The summed E-state index contributed by atoms with van der Waals surface area (Å²) in [5.41, 5.74) is 1.32. The molecular formula is C15H15BrN2O2. The van der Waals surface area contributed by atoms with E-state index in [1.165, 1.54) is 6.07 Å². The summed E-state index contributed by atoms with van der Waals surface area (Å²) in [7, 11) is 0. The number of phenols is 1. The third-order valence-electron chi connectivity index (χ3n) is 2.98. The van der Waals surface area contributed by atoms with Gasteiger partial charge in [0.1, 0.15) is 5.75 Å². The summed E-state index contributed by atoms with van der Waals surface area (Å²) < 4.78 is 0.740. The fourth-order valence-electron chi connectivity index (χ4n) is 1.89. The van der Waals surface area contributed by atoms with Crippen molar-refractivity contribution in [2.45, 2.75) is 13.5 Å². The number of carbonyl (C=O) groups excluding carboxylic acids is 1. The predicted octanol–water partition coefficient (Wildman–Crippen LogP) is 3.21. The van der Waals surface area contributed by atoms with Crippen LogP contribution in [0.1, 0.15) is 22.8 Å². The van der Waals surface area contributed by atoms with Crippen molar-refractivity contribution in [3.05, 3.63) is 58.3 Å². The van der Waals surface area contributed by atoms with Gasteiger partial charge in [0, 0.05) is 30.0 Å². The number of phenolic OH excluding ortho intramolecular Hbond substituents is 1. The van der Waals surface area contributed by atoms with E-state index in [-0.39, 0.29) is 11.7 Å². The zero-order valence-electron chi connectivity index (χ0n) is 11.1. The molecule has 1 aromatic heterocycles. The normalized spacial score (nSPS) is 10.3. The van der Waals surface area contributed by atoms with Gasteiger partial charge >= 0.3 is 0 Å². The molecule has 0 saturated carbocycles. The van der Waals surface area contributed by atoms with E-state index in [1.54, 1.807) is 29.4 Å². The number of aromatic hydroxyl groups is 1. The lowest BCUT2D eigenvalue weighted by molar-refractivity contribution is 0.0749. The Morgan fingerprint density at radius 3 is 2.60 bits per heavy atom. The number of halogens is 1. The Morgan fingerprint density at radius 2 is 2.00 bits per heavy atom. The van der Waals surface area contributed by atoms with E-state index in [1.807, 2.05) is 19.1 Å². The smallest absolute Gasteiger partial charge is 0.257 e. The van der Waals surface area contributed by atoms with Gasteiger partial charge in [0.2, 0.25) is 0 Å². The van der Waals surface area contributed by atoms with E-state index in [9.17, 15) is 9.90 Å². The van der Waals surface area contributed by atoms with Crippen LogP contribution in [-0.4, -0.2) is 27.4 Å². The maximum Gasteiger partial charge on any atom is 0.257 e. The third-order valence-corrected chi connectivity index (χ3v) is 3.48. The number of aromatic nitrogens is 1. The Balaban J connectivity index is 2.21. The van der Waals surface area contributed by atoms with Crippen LogP contribution < -0.4 is 0 Å². The molecule has 0 atom stereocenters. The molecule has 1 N–H and O–H groups in total. The minimum absolute atomic E-state index is 0.0162. The molecule has 2 aromatic rings. The maximum absolute atomic E-state index is 12.4. The molecular weight excluding hydrogens is 320 g/mol. The van der Waals surface area contributed by atoms with Crippen LogP contribution in [0.3, 0.4) is 0 Å². The van der Waals surface area contributed by atoms with Crippen molar-refractivity contribution in [3.8, 4) is 5.75 Å². The summed E-state index contributed by atoms with van der Waals surface area (Å²) in [4.78, 5) is 18.1. The van der Waals surface area contributed by atoms with Crippen LogP contribution >= 0.6 is 15.9 Å². The highest BCUT2D eigenvalue weighted by Gasteiger charge is 2.18. The van der Waals surface area contributed by atoms with Gasteiger partial charge in [-0.1, -0.05) is 15.9 Å². The molecule has 104 valence electrons.